The SMILES string of the molecule is CNCCn1cccc1-c1ccc(-c2nc3cccnc3c(=O)n2-c2ccc(Cl)cn2)cc1. The monoisotopic (exact) mass is 456 g/mol. The predicted molar refractivity (Wildman–Crippen MR) is 131 cm³/mol. The lowest BCUT2D eigenvalue weighted by Crippen LogP contribution is -2.23. The largest absolute Gasteiger partial charge is 0.346 e. The summed E-state index contributed by atoms with van der Waals surface area (Å²) in [6, 6.07) is 19.1. The highest BCUT2D eigenvalue weighted by molar-refractivity contribution is 6.30. The number of pyridine rings is 2. The number of rotatable bonds is 6. The fourth-order valence-electron chi connectivity index (χ4n) is 3.82. The lowest BCUT2D eigenvalue weighted by molar-refractivity contribution is 0.652. The lowest BCUT2D eigenvalue weighted by Gasteiger charge is -2.14. The zero-order chi connectivity index (χ0) is 22.8. The average molecular weight is 457 g/mol. The predicted octanol–water partition coefficient (Wildman–Crippen LogP) is 4.18. The summed E-state index contributed by atoms with van der Waals surface area (Å²) in [4.78, 5) is 26.8. The smallest absolute Gasteiger partial charge is 0.286 e. The second-order valence-electron chi connectivity index (χ2n) is 7.55. The van der Waals surface area contributed by atoms with Crippen LogP contribution in [0.3, 0.4) is 0 Å². The van der Waals surface area contributed by atoms with Gasteiger partial charge in [0.1, 0.15) is 11.6 Å². The Morgan fingerprint density at radius 3 is 2.55 bits per heavy atom. The molecule has 0 amide bonds. The van der Waals surface area contributed by atoms with Gasteiger partial charge in [-0.05, 0) is 49.0 Å². The summed E-state index contributed by atoms with van der Waals surface area (Å²) >= 11 is 6.02. The Hall–Kier alpha value is -3.81. The topological polar surface area (TPSA) is 77.6 Å². The standard InChI is InChI=1S/C25H21ClN6O/c1-27-13-15-31-14-3-5-21(31)17-6-8-18(9-7-17)24-30-20-4-2-12-28-23(20)25(33)32(24)22-11-10-19(26)16-29-22/h2-12,14,16,27H,13,15H2,1H3. The van der Waals surface area contributed by atoms with Gasteiger partial charge in [0, 0.05) is 42.9 Å². The van der Waals surface area contributed by atoms with E-state index in [2.05, 4.69) is 32.1 Å². The van der Waals surface area contributed by atoms with E-state index in [0.29, 0.717) is 22.2 Å². The zero-order valence-electron chi connectivity index (χ0n) is 17.9. The molecule has 0 bridgehead atoms. The minimum absolute atomic E-state index is 0.282. The van der Waals surface area contributed by atoms with Crippen LogP contribution in [0.1, 0.15) is 0 Å². The van der Waals surface area contributed by atoms with Crippen molar-refractivity contribution in [1.29, 1.82) is 0 Å². The number of nitrogens with zero attached hydrogens (tertiary/aromatic N) is 5. The lowest BCUT2D eigenvalue weighted by atomic mass is 10.1. The van der Waals surface area contributed by atoms with Crippen LogP contribution >= 0.6 is 11.6 Å². The van der Waals surface area contributed by atoms with Gasteiger partial charge in [-0.1, -0.05) is 35.9 Å². The van der Waals surface area contributed by atoms with E-state index < -0.39 is 0 Å². The molecule has 1 N–H and O–H groups in total. The maximum Gasteiger partial charge on any atom is 0.286 e. The van der Waals surface area contributed by atoms with Crippen molar-refractivity contribution < 1.29 is 0 Å². The molecule has 0 unspecified atom stereocenters. The fourth-order valence-corrected chi connectivity index (χ4v) is 3.93. The number of fused-ring (bicyclic) bond motifs is 1. The Balaban J connectivity index is 1.64. The Labute approximate surface area is 195 Å². The molecule has 0 fully saturated rings. The first-order valence-electron chi connectivity index (χ1n) is 10.6. The number of benzene rings is 1. The maximum absolute atomic E-state index is 13.4. The molecule has 4 aromatic heterocycles. The van der Waals surface area contributed by atoms with Crippen LogP contribution in [-0.4, -0.2) is 37.7 Å². The van der Waals surface area contributed by atoms with Crippen LogP contribution in [-0.2, 0) is 6.54 Å². The zero-order valence-corrected chi connectivity index (χ0v) is 18.7. The van der Waals surface area contributed by atoms with Crippen molar-refractivity contribution in [3.63, 3.8) is 0 Å². The Morgan fingerprint density at radius 1 is 0.970 bits per heavy atom. The summed E-state index contributed by atoms with van der Waals surface area (Å²) in [5.74, 6) is 0.928. The van der Waals surface area contributed by atoms with E-state index in [-0.39, 0.29) is 11.1 Å². The number of hydrogen-bond acceptors (Lipinski definition) is 5. The summed E-state index contributed by atoms with van der Waals surface area (Å²) in [7, 11) is 1.94. The van der Waals surface area contributed by atoms with Crippen molar-refractivity contribution in [3.05, 3.63) is 94.6 Å². The summed E-state index contributed by atoms with van der Waals surface area (Å²) in [6.45, 7) is 1.76. The average Bonchev–Trinajstić information content (AvgIpc) is 3.32. The maximum atomic E-state index is 13.4. The molecule has 5 aromatic rings. The van der Waals surface area contributed by atoms with Gasteiger partial charge < -0.3 is 9.88 Å². The molecular formula is C25H21ClN6O. The van der Waals surface area contributed by atoms with Crippen molar-refractivity contribution in [2.75, 3.05) is 13.6 Å². The van der Waals surface area contributed by atoms with Gasteiger partial charge >= 0.3 is 0 Å². The second-order valence-corrected chi connectivity index (χ2v) is 7.99. The summed E-state index contributed by atoms with van der Waals surface area (Å²) in [5, 5.41) is 3.67. The molecule has 33 heavy (non-hydrogen) atoms. The van der Waals surface area contributed by atoms with E-state index in [1.807, 2.05) is 37.4 Å². The minimum atomic E-state index is -0.282. The van der Waals surface area contributed by atoms with Crippen molar-refractivity contribution in [2.45, 2.75) is 6.54 Å². The van der Waals surface area contributed by atoms with Crippen molar-refractivity contribution in [1.82, 2.24) is 29.4 Å². The Morgan fingerprint density at radius 2 is 1.79 bits per heavy atom. The highest BCUT2D eigenvalue weighted by atomic mass is 35.5. The van der Waals surface area contributed by atoms with Gasteiger partial charge in [-0.25, -0.2) is 19.5 Å². The molecule has 7 nitrogen and oxygen atoms in total. The van der Waals surface area contributed by atoms with Gasteiger partial charge in [-0.2, -0.15) is 0 Å². The van der Waals surface area contributed by atoms with E-state index in [9.17, 15) is 4.79 Å². The van der Waals surface area contributed by atoms with Crippen LogP contribution in [0.4, 0.5) is 0 Å². The molecule has 0 spiro atoms. The number of likely N-dealkylation sites (N-methyl/N-ethyl adjacent to an activating group) is 1. The highest BCUT2D eigenvalue weighted by Crippen LogP contribution is 2.26. The number of hydrogen-bond donors (Lipinski definition) is 1. The number of nitrogens with one attached hydrogen (secondary N) is 1. The summed E-state index contributed by atoms with van der Waals surface area (Å²) in [5.41, 5.74) is 3.55. The molecule has 0 aliphatic rings. The number of aromatic nitrogens is 5. The van der Waals surface area contributed by atoms with Gasteiger partial charge in [-0.15, -0.1) is 0 Å². The highest BCUT2D eigenvalue weighted by Gasteiger charge is 2.16. The van der Waals surface area contributed by atoms with Crippen molar-refractivity contribution in [2.24, 2.45) is 0 Å². The normalized spacial score (nSPS) is 11.2. The van der Waals surface area contributed by atoms with E-state index >= 15 is 0 Å². The number of halogens is 1. The van der Waals surface area contributed by atoms with Crippen LogP contribution in [0.15, 0.2) is 84.0 Å². The van der Waals surface area contributed by atoms with Gasteiger partial charge in [-0.3, -0.25) is 4.79 Å². The third-order valence-electron chi connectivity index (χ3n) is 5.44. The van der Waals surface area contributed by atoms with Crippen LogP contribution in [0, 0.1) is 0 Å². The molecular weight excluding hydrogens is 436 g/mol. The molecule has 164 valence electrons. The van der Waals surface area contributed by atoms with Crippen molar-refractivity contribution in [3.8, 4) is 28.5 Å². The Kier molecular flexibility index (Phi) is 5.73. The first kappa shape index (κ1) is 21.1. The molecule has 0 radical (unpaired) electrons. The molecule has 0 aliphatic carbocycles. The molecule has 8 heteroatoms. The van der Waals surface area contributed by atoms with Crippen molar-refractivity contribution >= 4 is 22.6 Å². The summed E-state index contributed by atoms with van der Waals surface area (Å²) in [6.07, 6.45) is 5.17. The van der Waals surface area contributed by atoms with Gasteiger partial charge in [0.05, 0.1) is 10.5 Å². The molecule has 0 saturated carbocycles. The van der Waals surface area contributed by atoms with Gasteiger partial charge in [0.2, 0.25) is 0 Å². The van der Waals surface area contributed by atoms with E-state index in [1.165, 1.54) is 10.8 Å². The Bertz CT molecular complexity index is 1470. The van der Waals surface area contributed by atoms with Crippen LogP contribution in [0.5, 0.6) is 0 Å². The molecule has 0 saturated heterocycles. The third kappa shape index (κ3) is 4.04. The van der Waals surface area contributed by atoms with Crippen LogP contribution in [0.2, 0.25) is 5.02 Å². The van der Waals surface area contributed by atoms with Crippen LogP contribution < -0.4 is 10.9 Å². The van der Waals surface area contributed by atoms with Gasteiger partial charge in [0.25, 0.3) is 5.56 Å². The minimum Gasteiger partial charge on any atom is -0.346 e. The second kappa shape index (κ2) is 8.97. The molecule has 0 aliphatic heterocycles. The van der Waals surface area contributed by atoms with E-state index in [1.54, 1.807) is 30.5 Å². The van der Waals surface area contributed by atoms with Gasteiger partial charge in [0.15, 0.2) is 5.52 Å². The quantitative estimate of drug-likeness (QED) is 0.414. The first-order valence-corrected chi connectivity index (χ1v) is 10.9. The first-order chi connectivity index (χ1) is 16.2. The third-order valence-corrected chi connectivity index (χ3v) is 5.67. The molecule has 0 atom stereocenters. The van der Waals surface area contributed by atoms with Crippen LogP contribution in [0.25, 0.3) is 39.5 Å². The molecule has 1 aromatic carbocycles. The fraction of sp³-hybridized carbons (Fsp3) is 0.120. The van der Waals surface area contributed by atoms with E-state index in [0.717, 1.165) is 29.9 Å². The van der Waals surface area contributed by atoms with E-state index in [4.69, 9.17) is 16.6 Å². The molecule has 5 rings (SSSR count). The summed E-state index contributed by atoms with van der Waals surface area (Å²) < 4.78 is 3.69. The molecule has 4 heterocycles.